The Morgan fingerprint density at radius 2 is 1.83 bits per heavy atom. The van der Waals surface area contributed by atoms with Crippen molar-refractivity contribution in [3.63, 3.8) is 0 Å². The van der Waals surface area contributed by atoms with Gasteiger partial charge in [0.25, 0.3) is 0 Å². The minimum Gasteiger partial charge on any atom is -0.354 e. The van der Waals surface area contributed by atoms with Gasteiger partial charge in [-0.3, -0.25) is 9.59 Å². The number of benzene rings is 1. The number of hydrogen-bond donors (Lipinski definition) is 1. The van der Waals surface area contributed by atoms with Crippen LogP contribution in [0.5, 0.6) is 0 Å². The van der Waals surface area contributed by atoms with E-state index in [9.17, 15) is 9.59 Å². The molecule has 1 aromatic rings. The Bertz CT molecular complexity index is 594. The number of rotatable bonds is 5. The van der Waals surface area contributed by atoms with Crippen LogP contribution in [0.4, 0.5) is 0 Å². The second-order valence-corrected chi connectivity index (χ2v) is 7.33. The maximum Gasteiger partial charge on any atom is 0.230 e. The summed E-state index contributed by atoms with van der Waals surface area (Å²) in [5, 5.41) is 3.78. The topological polar surface area (TPSA) is 49.4 Å². The van der Waals surface area contributed by atoms with Crippen molar-refractivity contribution < 1.29 is 9.59 Å². The molecule has 1 aliphatic carbocycles. The lowest BCUT2D eigenvalue weighted by Crippen LogP contribution is -2.47. The minimum atomic E-state index is -0.447. The third-order valence-electron chi connectivity index (χ3n) is 5.38. The zero-order chi connectivity index (χ0) is 17.0. The van der Waals surface area contributed by atoms with Crippen molar-refractivity contribution in [3.8, 4) is 0 Å². The fourth-order valence-electron chi connectivity index (χ4n) is 3.99. The molecule has 1 N–H and O–H groups in total. The Hall–Kier alpha value is -1.55. The number of hydrogen-bond acceptors (Lipinski definition) is 2. The van der Waals surface area contributed by atoms with Gasteiger partial charge >= 0.3 is 0 Å². The van der Waals surface area contributed by atoms with E-state index in [1.807, 2.05) is 29.2 Å². The molecule has 2 amide bonds. The van der Waals surface area contributed by atoms with Crippen molar-refractivity contribution in [3.05, 3.63) is 34.9 Å². The predicted octanol–water partition coefficient (Wildman–Crippen LogP) is 3.28. The quantitative estimate of drug-likeness (QED) is 0.887. The minimum absolute atomic E-state index is 0.0937. The molecule has 1 saturated heterocycles. The van der Waals surface area contributed by atoms with Crippen LogP contribution in [0.1, 0.15) is 50.5 Å². The van der Waals surface area contributed by atoms with E-state index in [4.69, 9.17) is 11.6 Å². The van der Waals surface area contributed by atoms with Crippen molar-refractivity contribution in [1.29, 1.82) is 0 Å². The van der Waals surface area contributed by atoms with Crippen molar-refractivity contribution in [1.82, 2.24) is 10.2 Å². The highest BCUT2D eigenvalue weighted by Crippen LogP contribution is 2.40. The Morgan fingerprint density at radius 3 is 2.46 bits per heavy atom. The Morgan fingerprint density at radius 1 is 1.12 bits per heavy atom. The van der Waals surface area contributed by atoms with Gasteiger partial charge in [-0.1, -0.05) is 43.0 Å². The van der Waals surface area contributed by atoms with Gasteiger partial charge in [-0.25, -0.2) is 0 Å². The van der Waals surface area contributed by atoms with E-state index in [1.165, 1.54) is 6.42 Å². The predicted molar refractivity (Wildman–Crippen MR) is 95.0 cm³/mol. The zero-order valence-corrected chi connectivity index (χ0v) is 14.8. The first-order valence-corrected chi connectivity index (χ1v) is 9.32. The highest BCUT2D eigenvalue weighted by Gasteiger charge is 2.40. The van der Waals surface area contributed by atoms with Crippen molar-refractivity contribution >= 4 is 23.4 Å². The van der Waals surface area contributed by atoms with Gasteiger partial charge in [0.15, 0.2) is 0 Å². The van der Waals surface area contributed by atoms with E-state index in [0.29, 0.717) is 24.5 Å². The largest absolute Gasteiger partial charge is 0.354 e. The Labute approximate surface area is 148 Å². The third kappa shape index (κ3) is 3.59. The molecule has 5 heteroatoms. The first-order chi connectivity index (χ1) is 11.6. The second kappa shape index (κ2) is 7.56. The maximum atomic E-state index is 13.0. The molecule has 24 heavy (non-hydrogen) atoms. The van der Waals surface area contributed by atoms with Crippen LogP contribution in [0.3, 0.4) is 0 Å². The molecule has 0 spiro atoms. The number of nitrogens with one attached hydrogen (secondary N) is 1. The van der Waals surface area contributed by atoms with E-state index >= 15 is 0 Å². The average Bonchev–Trinajstić information content (AvgIpc) is 3.01. The molecule has 4 nitrogen and oxygen atoms in total. The van der Waals surface area contributed by atoms with E-state index < -0.39 is 5.41 Å². The van der Waals surface area contributed by atoms with Crippen LogP contribution in [0.15, 0.2) is 24.3 Å². The van der Waals surface area contributed by atoms with Crippen LogP contribution in [0.2, 0.25) is 5.02 Å². The van der Waals surface area contributed by atoms with Crippen LogP contribution in [-0.2, 0) is 15.0 Å². The van der Waals surface area contributed by atoms with Gasteiger partial charge in [-0.2, -0.15) is 0 Å². The van der Waals surface area contributed by atoms with Gasteiger partial charge in [0.2, 0.25) is 11.8 Å². The summed E-state index contributed by atoms with van der Waals surface area (Å²) < 4.78 is 0. The zero-order valence-electron chi connectivity index (χ0n) is 14.0. The summed E-state index contributed by atoms with van der Waals surface area (Å²) in [6.07, 6.45) is 6.66. The standard InChI is InChI=1S/C19H25ClN2O2/c20-16-8-6-15(7-9-16)19(10-2-1-3-11-19)18(24)21-12-14-22-13-4-5-17(22)23/h6-9H,1-5,10-14H2,(H,21,24). The molecular weight excluding hydrogens is 324 g/mol. The summed E-state index contributed by atoms with van der Waals surface area (Å²) >= 11 is 6.01. The fourth-order valence-corrected chi connectivity index (χ4v) is 4.11. The third-order valence-corrected chi connectivity index (χ3v) is 5.63. The summed E-state index contributed by atoms with van der Waals surface area (Å²) in [5.41, 5.74) is 0.610. The summed E-state index contributed by atoms with van der Waals surface area (Å²) in [7, 11) is 0. The summed E-state index contributed by atoms with van der Waals surface area (Å²) in [6, 6.07) is 7.70. The highest BCUT2D eigenvalue weighted by molar-refractivity contribution is 6.30. The van der Waals surface area contributed by atoms with Crippen molar-refractivity contribution in [2.75, 3.05) is 19.6 Å². The van der Waals surface area contributed by atoms with E-state index in [1.54, 1.807) is 0 Å². The average molecular weight is 349 g/mol. The molecule has 0 radical (unpaired) electrons. The van der Waals surface area contributed by atoms with Gasteiger partial charge in [-0.15, -0.1) is 0 Å². The highest BCUT2D eigenvalue weighted by atomic mass is 35.5. The van der Waals surface area contributed by atoms with Gasteiger partial charge < -0.3 is 10.2 Å². The SMILES string of the molecule is O=C1CCCN1CCNC(=O)C1(c2ccc(Cl)cc2)CCCCC1. The van der Waals surface area contributed by atoms with Crippen molar-refractivity contribution in [2.24, 2.45) is 0 Å². The molecular formula is C19H25ClN2O2. The van der Waals surface area contributed by atoms with Gasteiger partial charge in [0.05, 0.1) is 5.41 Å². The van der Waals surface area contributed by atoms with Gasteiger partial charge in [-0.05, 0) is 37.0 Å². The van der Waals surface area contributed by atoms with Gasteiger partial charge in [0.1, 0.15) is 0 Å². The molecule has 130 valence electrons. The molecule has 2 fully saturated rings. The number of halogens is 1. The maximum absolute atomic E-state index is 13.0. The molecule has 3 rings (SSSR count). The summed E-state index contributed by atoms with van der Waals surface area (Å²) in [4.78, 5) is 26.5. The van der Waals surface area contributed by atoms with Crippen LogP contribution >= 0.6 is 11.6 Å². The van der Waals surface area contributed by atoms with Crippen LogP contribution in [0.25, 0.3) is 0 Å². The van der Waals surface area contributed by atoms with Crippen molar-refractivity contribution in [2.45, 2.75) is 50.4 Å². The molecule has 1 aromatic carbocycles. The van der Waals surface area contributed by atoms with E-state index in [0.717, 1.165) is 44.2 Å². The Balaban J connectivity index is 1.67. The lowest BCUT2D eigenvalue weighted by atomic mass is 9.68. The summed E-state index contributed by atoms with van der Waals surface area (Å²) in [6.45, 7) is 1.96. The van der Waals surface area contributed by atoms with Crippen LogP contribution in [0, 0.1) is 0 Å². The van der Waals surface area contributed by atoms with E-state index in [-0.39, 0.29) is 11.8 Å². The molecule has 0 atom stereocenters. The normalized spacial score (nSPS) is 20.2. The van der Waals surface area contributed by atoms with E-state index in [2.05, 4.69) is 5.32 Å². The first-order valence-electron chi connectivity index (χ1n) is 8.94. The summed E-state index contributed by atoms with van der Waals surface area (Å²) in [5.74, 6) is 0.297. The number of carbonyl (C=O) groups excluding carboxylic acids is 2. The molecule has 0 unspecified atom stereocenters. The monoisotopic (exact) mass is 348 g/mol. The van der Waals surface area contributed by atoms with Crippen LogP contribution in [-0.4, -0.2) is 36.3 Å². The molecule has 1 saturated carbocycles. The number of likely N-dealkylation sites (tertiary alicyclic amines) is 1. The number of nitrogens with zero attached hydrogens (tertiary/aromatic N) is 1. The molecule has 2 aliphatic rings. The fraction of sp³-hybridized carbons (Fsp3) is 0.579. The lowest BCUT2D eigenvalue weighted by molar-refractivity contribution is -0.130. The first kappa shape index (κ1) is 17.3. The molecule has 1 aliphatic heterocycles. The molecule has 0 aromatic heterocycles. The second-order valence-electron chi connectivity index (χ2n) is 6.89. The number of carbonyl (C=O) groups is 2. The van der Waals surface area contributed by atoms with Crippen LogP contribution < -0.4 is 5.32 Å². The number of amides is 2. The lowest BCUT2D eigenvalue weighted by Gasteiger charge is -2.36. The Kier molecular flexibility index (Phi) is 5.44. The molecule has 0 bridgehead atoms. The van der Waals surface area contributed by atoms with Gasteiger partial charge in [0, 0.05) is 31.1 Å². The molecule has 1 heterocycles. The smallest absolute Gasteiger partial charge is 0.230 e.